The maximum atomic E-state index is 12.6. The average molecular weight is 373 g/mol. The lowest BCUT2D eigenvalue weighted by molar-refractivity contribution is -0.124. The Morgan fingerprint density at radius 1 is 1.27 bits per heavy atom. The molecule has 8 heteroatoms. The second-order valence-electron chi connectivity index (χ2n) is 5.79. The van der Waals surface area contributed by atoms with Gasteiger partial charge in [-0.2, -0.15) is 11.8 Å². The Balaban J connectivity index is 0.00000441. The fraction of sp³-hybridized carbons (Fsp3) is 0.929. The highest BCUT2D eigenvalue weighted by molar-refractivity contribution is 8.00. The van der Waals surface area contributed by atoms with Crippen LogP contribution in [0, 0.1) is 0 Å². The normalized spacial score (nSPS) is 18.4. The van der Waals surface area contributed by atoms with Crippen LogP contribution >= 0.6 is 24.2 Å². The van der Waals surface area contributed by atoms with Gasteiger partial charge in [-0.1, -0.05) is 13.8 Å². The van der Waals surface area contributed by atoms with Gasteiger partial charge in [0.2, 0.25) is 5.91 Å². The molecule has 1 rings (SSSR count). The van der Waals surface area contributed by atoms with Crippen molar-refractivity contribution in [3.8, 4) is 0 Å². The van der Waals surface area contributed by atoms with E-state index < -0.39 is 14.6 Å². The maximum Gasteiger partial charge on any atom is 0.241 e. The van der Waals surface area contributed by atoms with Crippen LogP contribution in [0.5, 0.6) is 0 Å². The second-order valence-corrected chi connectivity index (χ2v) is 9.39. The van der Waals surface area contributed by atoms with E-state index in [9.17, 15) is 13.2 Å². The smallest absolute Gasteiger partial charge is 0.241 e. The van der Waals surface area contributed by atoms with Crippen LogP contribution in [-0.4, -0.2) is 56.0 Å². The molecule has 0 atom stereocenters. The Labute approximate surface area is 145 Å². The Morgan fingerprint density at radius 3 is 2.14 bits per heavy atom. The average Bonchev–Trinajstić information content (AvgIpc) is 2.48. The predicted molar refractivity (Wildman–Crippen MR) is 96.8 cm³/mol. The van der Waals surface area contributed by atoms with Crippen molar-refractivity contribution >= 4 is 39.9 Å². The summed E-state index contributed by atoms with van der Waals surface area (Å²) >= 11 is 1.74. The molecule has 0 radical (unpaired) electrons. The minimum Gasteiger partial charge on any atom is -0.353 e. The molecule has 0 saturated carbocycles. The summed E-state index contributed by atoms with van der Waals surface area (Å²) in [7, 11) is -3.43. The molecule has 1 aliphatic heterocycles. The van der Waals surface area contributed by atoms with E-state index in [1.807, 2.05) is 6.26 Å². The van der Waals surface area contributed by atoms with Crippen molar-refractivity contribution in [3.63, 3.8) is 0 Å². The van der Waals surface area contributed by atoms with Crippen molar-refractivity contribution in [1.29, 1.82) is 0 Å². The van der Waals surface area contributed by atoms with Gasteiger partial charge in [-0.15, -0.1) is 12.4 Å². The Morgan fingerprint density at radius 2 is 1.77 bits per heavy atom. The Hall–Kier alpha value is 0.0200. The first kappa shape index (κ1) is 22.0. The van der Waals surface area contributed by atoms with Gasteiger partial charge in [-0.05, 0) is 45.0 Å². The third kappa shape index (κ3) is 4.52. The summed E-state index contributed by atoms with van der Waals surface area (Å²) in [6.45, 7) is 5.85. The number of carbonyl (C=O) groups excluding carboxylic acids is 1. The van der Waals surface area contributed by atoms with Gasteiger partial charge in [0.05, 0.1) is 0 Å². The fourth-order valence-corrected chi connectivity index (χ4v) is 5.01. The molecule has 1 amide bonds. The number of amides is 1. The van der Waals surface area contributed by atoms with Crippen LogP contribution in [0.3, 0.4) is 0 Å². The van der Waals surface area contributed by atoms with Gasteiger partial charge >= 0.3 is 0 Å². The SMILES string of the molecule is CCC(CC)(CNC(=O)C1(S(C)(=O)=O)CCNCC1)SC.Cl. The van der Waals surface area contributed by atoms with E-state index in [1.165, 1.54) is 6.26 Å². The van der Waals surface area contributed by atoms with Crippen LogP contribution in [0.25, 0.3) is 0 Å². The number of nitrogens with one attached hydrogen (secondary N) is 2. The molecule has 1 heterocycles. The molecule has 0 aromatic rings. The predicted octanol–water partition coefficient (Wildman–Crippen LogP) is 1.61. The van der Waals surface area contributed by atoms with E-state index in [0.29, 0.717) is 32.5 Å². The van der Waals surface area contributed by atoms with E-state index in [2.05, 4.69) is 24.5 Å². The molecule has 0 unspecified atom stereocenters. The Bertz CT molecular complexity index is 450. The third-order valence-electron chi connectivity index (χ3n) is 4.83. The van der Waals surface area contributed by atoms with E-state index in [1.54, 1.807) is 11.8 Å². The number of rotatable bonds is 7. The Kier molecular flexibility index (Phi) is 8.76. The monoisotopic (exact) mass is 372 g/mol. The molecular formula is C14H29ClN2O3S2. The quantitative estimate of drug-likeness (QED) is 0.710. The molecule has 1 saturated heterocycles. The van der Waals surface area contributed by atoms with E-state index >= 15 is 0 Å². The van der Waals surface area contributed by atoms with Crippen LogP contribution in [-0.2, 0) is 14.6 Å². The van der Waals surface area contributed by atoms with Gasteiger partial charge in [0.15, 0.2) is 14.6 Å². The van der Waals surface area contributed by atoms with Gasteiger partial charge in [0, 0.05) is 17.5 Å². The van der Waals surface area contributed by atoms with Crippen molar-refractivity contribution < 1.29 is 13.2 Å². The molecular weight excluding hydrogens is 344 g/mol. The van der Waals surface area contributed by atoms with Crippen molar-refractivity contribution in [3.05, 3.63) is 0 Å². The molecule has 0 aromatic carbocycles. The highest BCUT2D eigenvalue weighted by Crippen LogP contribution is 2.31. The van der Waals surface area contributed by atoms with Gasteiger partial charge in [-0.3, -0.25) is 4.79 Å². The minimum absolute atomic E-state index is 0. The number of thioether (sulfide) groups is 1. The summed E-state index contributed by atoms with van der Waals surface area (Å²) < 4.78 is 23.1. The van der Waals surface area contributed by atoms with Gasteiger partial charge in [-0.25, -0.2) is 8.42 Å². The molecule has 0 spiro atoms. The largest absolute Gasteiger partial charge is 0.353 e. The lowest BCUT2D eigenvalue weighted by Gasteiger charge is -2.36. The van der Waals surface area contributed by atoms with E-state index in [-0.39, 0.29) is 23.1 Å². The molecule has 0 aromatic heterocycles. The van der Waals surface area contributed by atoms with Crippen LogP contribution in [0.4, 0.5) is 0 Å². The molecule has 1 aliphatic rings. The summed E-state index contributed by atoms with van der Waals surface area (Å²) in [5, 5.41) is 6.05. The van der Waals surface area contributed by atoms with E-state index in [4.69, 9.17) is 0 Å². The fourth-order valence-electron chi connectivity index (χ4n) is 2.86. The lowest BCUT2D eigenvalue weighted by Crippen LogP contribution is -2.58. The number of hydrogen-bond acceptors (Lipinski definition) is 5. The first-order valence-electron chi connectivity index (χ1n) is 7.50. The van der Waals surface area contributed by atoms with E-state index in [0.717, 1.165) is 12.8 Å². The van der Waals surface area contributed by atoms with Crippen LogP contribution < -0.4 is 10.6 Å². The van der Waals surface area contributed by atoms with Crippen LogP contribution in [0.2, 0.25) is 0 Å². The molecule has 132 valence electrons. The van der Waals surface area contributed by atoms with Crippen molar-refractivity contribution in [2.75, 3.05) is 32.1 Å². The number of sulfone groups is 1. The summed E-state index contributed by atoms with van der Waals surface area (Å²) in [5.74, 6) is -0.327. The molecule has 1 fully saturated rings. The van der Waals surface area contributed by atoms with Gasteiger partial charge < -0.3 is 10.6 Å². The highest BCUT2D eigenvalue weighted by Gasteiger charge is 2.48. The first-order valence-corrected chi connectivity index (χ1v) is 10.6. The van der Waals surface area contributed by atoms with Crippen molar-refractivity contribution in [1.82, 2.24) is 10.6 Å². The first-order chi connectivity index (χ1) is 9.77. The molecule has 22 heavy (non-hydrogen) atoms. The lowest BCUT2D eigenvalue weighted by atomic mass is 9.95. The summed E-state index contributed by atoms with van der Waals surface area (Å²) in [4.78, 5) is 12.6. The molecule has 5 nitrogen and oxygen atoms in total. The third-order valence-corrected chi connectivity index (χ3v) is 8.43. The van der Waals surface area contributed by atoms with Gasteiger partial charge in [0.1, 0.15) is 0 Å². The summed E-state index contributed by atoms with van der Waals surface area (Å²) in [6, 6.07) is 0. The zero-order valence-corrected chi connectivity index (χ0v) is 16.3. The molecule has 2 N–H and O–H groups in total. The topological polar surface area (TPSA) is 75.3 Å². The van der Waals surface area contributed by atoms with Crippen LogP contribution in [0.1, 0.15) is 39.5 Å². The molecule has 0 bridgehead atoms. The molecule has 0 aliphatic carbocycles. The number of hydrogen-bond donors (Lipinski definition) is 2. The minimum atomic E-state index is -3.43. The van der Waals surface area contributed by atoms with Crippen LogP contribution in [0.15, 0.2) is 0 Å². The standard InChI is InChI=1S/C14H28N2O3S2.ClH/c1-5-13(6-2,20-3)11-16-12(17)14(21(4,18)19)7-9-15-10-8-14;/h15H,5-11H2,1-4H3,(H,16,17);1H. The number of carbonyl (C=O) groups is 1. The van der Waals surface area contributed by atoms with Crippen molar-refractivity contribution in [2.45, 2.75) is 49.0 Å². The maximum absolute atomic E-state index is 12.6. The number of halogens is 1. The highest BCUT2D eigenvalue weighted by atomic mass is 35.5. The number of piperidine rings is 1. The zero-order valence-electron chi connectivity index (χ0n) is 13.9. The summed E-state index contributed by atoms with van der Waals surface area (Å²) in [6.07, 6.45) is 5.80. The van der Waals surface area contributed by atoms with Gasteiger partial charge in [0.25, 0.3) is 0 Å². The summed E-state index contributed by atoms with van der Waals surface area (Å²) in [5.41, 5.74) is 0. The van der Waals surface area contributed by atoms with Crippen molar-refractivity contribution in [2.24, 2.45) is 0 Å². The zero-order chi connectivity index (χ0) is 16.1. The second kappa shape index (κ2) is 8.76.